The Morgan fingerprint density at radius 1 is 1.19 bits per heavy atom. The molecule has 1 saturated heterocycles. The molecule has 1 aliphatic heterocycles. The van der Waals surface area contributed by atoms with Crippen LogP contribution in [0.25, 0.3) is 0 Å². The number of anilines is 1. The van der Waals surface area contributed by atoms with Gasteiger partial charge in [-0.2, -0.15) is 0 Å². The molecule has 2 N–H and O–H groups in total. The molecular weight excluding hydrogens is 256 g/mol. The third-order valence-electron chi connectivity index (χ3n) is 5.56. The topological polar surface area (TPSA) is 29.3 Å². The van der Waals surface area contributed by atoms with E-state index in [-0.39, 0.29) is 6.04 Å². The number of aryl methyl sites for hydroxylation is 1. The molecule has 1 aromatic rings. The number of benzene rings is 1. The van der Waals surface area contributed by atoms with Gasteiger partial charge in [0.1, 0.15) is 0 Å². The van der Waals surface area contributed by atoms with E-state index >= 15 is 0 Å². The summed E-state index contributed by atoms with van der Waals surface area (Å²) in [5.41, 5.74) is 10.7. The van der Waals surface area contributed by atoms with E-state index in [1.54, 1.807) is 0 Å². The normalized spacial score (nSPS) is 19.6. The highest BCUT2D eigenvalue weighted by Crippen LogP contribution is 2.39. The molecule has 118 valence electrons. The summed E-state index contributed by atoms with van der Waals surface area (Å²) in [5, 5.41) is 0. The van der Waals surface area contributed by atoms with Gasteiger partial charge < -0.3 is 10.6 Å². The summed E-state index contributed by atoms with van der Waals surface area (Å²) in [6.45, 7) is 11.4. The predicted octanol–water partition coefficient (Wildman–Crippen LogP) is 4.29. The number of piperidine rings is 1. The van der Waals surface area contributed by atoms with Crippen molar-refractivity contribution >= 4 is 5.69 Å². The summed E-state index contributed by atoms with van der Waals surface area (Å²) in [4.78, 5) is 2.56. The maximum absolute atomic E-state index is 5.92. The first kappa shape index (κ1) is 16.4. The van der Waals surface area contributed by atoms with Crippen LogP contribution in [0.15, 0.2) is 18.2 Å². The van der Waals surface area contributed by atoms with E-state index in [0.29, 0.717) is 5.41 Å². The van der Waals surface area contributed by atoms with Gasteiger partial charge in [0.25, 0.3) is 0 Å². The molecule has 0 aromatic heterocycles. The van der Waals surface area contributed by atoms with Gasteiger partial charge >= 0.3 is 0 Å². The summed E-state index contributed by atoms with van der Waals surface area (Å²) in [6.07, 6.45) is 6.29. The van der Waals surface area contributed by atoms with Crippen LogP contribution < -0.4 is 10.6 Å². The van der Waals surface area contributed by atoms with Crippen molar-refractivity contribution in [2.24, 2.45) is 11.1 Å². The Kier molecular flexibility index (Phi) is 5.32. The number of hydrogen-bond acceptors (Lipinski definition) is 2. The Morgan fingerprint density at radius 3 is 2.29 bits per heavy atom. The van der Waals surface area contributed by atoms with E-state index in [1.165, 1.54) is 55.6 Å². The highest BCUT2D eigenvalue weighted by atomic mass is 15.1. The molecular formula is C19H32N2. The lowest BCUT2D eigenvalue weighted by Gasteiger charge is -2.42. The van der Waals surface area contributed by atoms with Gasteiger partial charge in [0.2, 0.25) is 0 Å². The summed E-state index contributed by atoms with van der Waals surface area (Å²) >= 11 is 0. The Bertz CT molecular complexity index is 451. The van der Waals surface area contributed by atoms with Crippen molar-refractivity contribution < 1.29 is 0 Å². The molecule has 1 unspecified atom stereocenters. The lowest BCUT2D eigenvalue weighted by molar-refractivity contribution is 0.199. The fourth-order valence-corrected chi connectivity index (χ4v) is 3.65. The van der Waals surface area contributed by atoms with Crippen molar-refractivity contribution in [3.8, 4) is 0 Å². The minimum atomic E-state index is 0.235. The van der Waals surface area contributed by atoms with Gasteiger partial charge in [0.15, 0.2) is 0 Å². The summed E-state index contributed by atoms with van der Waals surface area (Å²) < 4.78 is 0. The van der Waals surface area contributed by atoms with Crippen molar-refractivity contribution in [3.05, 3.63) is 29.3 Å². The third-order valence-corrected chi connectivity index (χ3v) is 5.56. The van der Waals surface area contributed by atoms with Crippen LogP contribution in [0.5, 0.6) is 0 Å². The fraction of sp³-hybridized carbons (Fsp3) is 0.684. The van der Waals surface area contributed by atoms with Crippen molar-refractivity contribution in [2.45, 2.75) is 65.8 Å². The van der Waals surface area contributed by atoms with Gasteiger partial charge in [-0.15, -0.1) is 0 Å². The average molecular weight is 288 g/mol. The second-order valence-corrected chi connectivity index (χ2v) is 6.99. The quantitative estimate of drug-likeness (QED) is 0.875. The van der Waals surface area contributed by atoms with E-state index in [2.05, 4.69) is 50.8 Å². The van der Waals surface area contributed by atoms with Crippen LogP contribution in [0, 0.1) is 12.3 Å². The molecule has 1 fully saturated rings. The van der Waals surface area contributed by atoms with Crippen LogP contribution in [-0.4, -0.2) is 19.1 Å². The van der Waals surface area contributed by atoms with Crippen LogP contribution in [0.3, 0.4) is 0 Å². The lowest BCUT2D eigenvalue weighted by Crippen LogP contribution is -2.39. The number of nitrogens with two attached hydrogens (primary N) is 1. The molecule has 1 heterocycles. The monoisotopic (exact) mass is 288 g/mol. The van der Waals surface area contributed by atoms with Crippen LogP contribution >= 0.6 is 0 Å². The molecule has 1 aromatic carbocycles. The fourth-order valence-electron chi connectivity index (χ4n) is 3.65. The van der Waals surface area contributed by atoms with Crippen molar-refractivity contribution in [1.29, 1.82) is 0 Å². The molecule has 0 spiro atoms. The zero-order valence-electron chi connectivity index (χ0n) is 14.3. The van der Waals surface area contributed by atoms with Gasteiger partial charge in [-0.1, -0.05) is 32.8 Å². The third kappa shape index (κ3) is 3.79. The van der Waals surface area contributed by atoms with Crippen molar-refractivity contribution in [1.82, 2.24) is 0 Å². The predicted molar refractivity (Wildman–Crippen MR) is 93.0 cm³/mol. The van der Waals surface area contributed by atoms with E-state index in [0.717, 1.165) is 6.42 Å². The summed E-state index contributed by atoms with van der Waals surface area (Å²) in [5.74, 6) is 0. The zero-order valence-corrected chi connectivity index (χ0v) is 14.3. The summed E-state index contributed by atoms with van der Waals surface area (Å²) in [6, 6.07) is 7.15. The van der Waals surface area contributed by atoms with Crippen LogP contribution in [-0.2, 0) is 6.42 Å². The van der Waals surface area contributed by atoms with Crippen LogP contribution in [0.1, 0.15) is 57.6 Å². The minimum absolute atomic E-state index is 0.235. The second-order valence-electron chi connectivity index (χ2n) is 6.99. The first-order chi connectivity index (χ1) is 9.99. The summed E-state index contributed by atoms with van der Waals surface area (Å²) in [7, 11) is 0. The smallest absolute Gasteiger partial charge is 0.0369 e. The second kappa shape index (κ2) is 6.83. The minimum Gasteiger partial charge on any atom is -0.371 e. The Labute approximate surface area is 130 Å². The van der Waals surface area contributed by atoms with Gasteiger partial charge in [-0.3, -0.25) is 0 Å². The molecule has 1 atom stereocenters. The first-order valence-electron chi connectivity index (χ1n) is 8.60. The number of rotatable bonds is 5. The van der Waals surface area contributed by atoms with Crippen molar-refractivity contribution in [2.75, 3.05) is 18.0 Å². The number of hydrogen-bond donors (Lipinski definition) is 1. The zero-order chi connectivity index (χ0) is 15.5. The Hall–Kier alpha value is -1.02. The van der Waals surface area contributed by atoms with Crippen LogP contribution in [0.4, 0.5) is 5.69 Å². The van der Waals surface area contributed by atoms with Gasteiger partial charge in [0.05, 0.1) is 0 Å². The molecule has 2 nitrogen and oxygen atoms in total. The Morgan fingerprint density at radius 2 is 1.81 bits per heavy atom. The first-order valence-corrected chi connectivity index (χ1v) is 8.60. The highest BCUT2D eigenvalue weighted by molar-refractivity contribution is 5.51. The van der Waals surface area contributed by atoms with E-state index in [4.69, 9.17) is 5.73 Å². The van der Waals surface area contributed by atoms with E-state index in [9.17, 15) is 0 Å². The van der Waals surface area contributed by atoms with E-state index in [1.807, 2.05) is 0 Å². The maximum Gasteiger partial charge on any atom is 0.0369 e. The molecule has 1 aliphatic rings. The standard InChI is InChI=1S/C19H32N2/c1-5-19(6-2)9-11-21(12-10-19)18-8-7-17(14-16(4)20)15(3)13-18/h7-8,13,16H,5-6,9-12,14,20H2,1-4H3. The maximum atomic E-state index is 5.92. The van der Waals surface area contributed by atoms with Gasteiger partial charge in [-0.05, 0) is 61.8 Å². The Balaban J connectivity index is 2.05. The number of nitrogens with zero attached hydrogens (tertiary/aromatic N) is 1. The molecule has 0 saturated carbocycles. The van der Waals surface area contributed by atoms with Gasteiger partial charge in [0, 0.05) is 24.8 Å². The van der Waals surface area contributed by atoms with Crippen LogP contribution in [0.2, 0.25) is 0 Å². The van der Waals surface area contributed by atoms with Gasteiger partial charge in [-0.25, -0.2) is 0 Å². The average Bonchev–Trinajstić information content (AvgIpc) is 2.49. The molecule has 2 rings (SSSR count). The SMILES string of the molecule is CCC1(CC)CCN(c2ccc(CC(C)N)c(C)c2)CC1. The van der Waals surface area contributed by atoms with E-state index < -0.39 is 0 Å². The molecule has 0 radical (unpaired) electrons. The van der Waals surface area contributed by atoms with Crippen molar-refractivity contribution in [3.63, 3.8) is 0 Å². The molecule has 0 bridgehead atoms. The lowest BCUT2D eigenvalue weighted by atomic mass is 9.74. The largest absolute Gasteiger partial charge is 0.371 e. The highest BCUT2D eigenvalue weighted by Gasteiger charge is 2.31. The molecule has 0 amide bonds. The molecule has 2 heteroatoms. The molecule has 21 heavy (non-hydrogen) atoms. The molecule has 0 aliphatic carbocycles.